The van der Waals surface area contributed by atoms with Crippen molar-refractivity contribution < 1.29 is 9.90 Å². The zero-order valence-electron chi connectivity index (χ0n) is 11.5. The van der Waals surface area contributed by atoms with Crippen molar-refractivity contribution in [1.82, 2.24) is 10.3 Å². The van der Waals surface area contributed by atoms with E-state index in [2.05, 4.69) is 10.3 Å². The fraction of sp³-hybridized carbons (Fsp3) is 0.286. The average molecular weight is 345 g/mol. The number of aliphatic hydroxyl groups excluding tert-OH is 1. The number of aromatic nitrogens is 1. The Morgan fingerprint density at radius 1 is 1.33 bits per heavy atom. The lowest BCUT2D eigenvalue weighted by atomic mass is 10.1. The third kappa shape index (κ3) is 4.17. The van der Waals surface area contributed by atoms with Gasteiger partial charge in [0.15, 0.2) is 6.10 Å². The standard InChI is InChI=1S/C14H14Cl2N2O2S/c1-7-8(2)21-12(18-7)6-17-14(20)13(19)9-3-10(15)5-11(16)4-9/h3-5,13,19H,6H2,1-2H3,(H,17,20). The molecule has 1 unspecified atom stereocenters. The maximum absolute atomic E-state index is 12.0. The third-order valence-electron chi connectivity index (χ3n) is 2.94. The zero-order valence-corrected chi connectivity index (χ0v) is 13.8. The van der Waals surface area contributed by atoms with E-state index >= 15 is 0 Å². The van der Waals surface area contributed by atoms with Crippen molar-refractivity contribution in [3.8, 4) is 0 Å². The van der Waals surface area contributed by atoms with E-state index in [1.54, 1.807) is 6.07 Å². The van der Waals surface area contributed by atoms with E-state index in [1.165, 1.54) is 23.5 Å². The summed E-state index contributed by atoms with van der Waals surface area (Å²) in [6.07, 6.45) is -1.32. The van der Waals surface area contributed by atoms with Crippen molar-refractivity contribution >= 4 is 40.4 Å². The molecule has 0 saturated heterocycles. The van der Waals surface area contributed by atoms with Crippen molar-refractivity contribution in [3.63, 3.8) is 0 Å². The Balaban J connectivity index is 2.02. The van der Waals surface area contributed by atoms with Crippen LogP contribution in [0.3, 0.4) is 0 Å². The van der Waals surface area contributed by atoms with Crippen molar-refractivity contribution in [2.75, 3.05) is 0 Å². The van der Waals surface area contributed by atoms with Gasteiger partial charge in [-0.3, -0.25) is 4.79 Å². The monoisotopic (exact) mass is 344 g/mol. The first-order valence-electron chi connectivity index (χ1n) is 6.21. The highest BCUT2D eigenvalue weighted by Crippen LogP contribution is 2.24. The van der Waals surface area contributed by atoms with Crippen LogP contribution in [-0.2, 0) is 11.3 Å². The normalized spacial score (nSPS) is 12.2. The summed E-state index contributed by atoms with van der Waals surface area (Å²) in [5.41, 5.74) is 1.31. The van der Waals surface area contributed by atoms with E-state index in [0.29, 0.717) is 15.6 Å². The first-order chi connectivity index (χ1) is 9.86. The number of hydrogen-bond acceptors (Lipinski definition) is 4. The van der Waals surface area contributed by atoms with Crippen LogP contribution in [0.25, 0.3) is 0 Å². The number of nitrogens with zero attached hydrogens (tertiary/aromatic N) is 1. The fourth-order valence-electron chi connectivity index (χ4n) is 1.76. The Labute approximate surface area is 136 Å². The molecule has 0 aliphatic rings. The minimum absolute atomic E-state index is 0.281. The maximum atomic E-state index is 12.0. The van der Waals surface area contributed by atoms with Gasteiger partial charge in [-0.25, -0.2) is 4.98 Å². The minimum atomic E-state index is -1.32. The molecule has 0 aliphatic carbocycles. The van der Waals surface area contributed by atoms with Crippen LogP contribution in [0.2, 0.25) is 10.0 Å². The number of nitrogens with one attached hydrogen (secondary N) is 1. The lowest BCUT2D eigenvalue weighted by Crippen LogP contribution is -2.28. The molecule has 112 valence electrons. The highest BCUT2D eigenvalue weighted by Gasteiger charge is 2.18. The summed E-state index contributed by atoms with van der Waals surface area (Å²) in [5, 5.41) is 14.2. The van der Waals surface area contributed by atoms with Gasteiger partial charge in [-0.1, -0.05) is 23.2 Å². The van der Waals surface area contributed by atoms with E-state index in [4.69, 9.17) is 23.2 Å². The van der Waals surface area contributed by atoms with E-state index in [0.717, 1.165) is 15.6 Å². The zero-order chi connectivity index (χ0) is 15.6. The van der Waals surface area contributed by atoms with Crippen molar-refractivity contribution in [2.24, 2.45) is 0 Å². The van der Waals surface area contributed by atoms with Gasteiger partial charge in [0.25, 0.3) is 5.91 Å². The third-order valence-corrected chi connectivity index (χ3v) is 4.44. The first-order valence-corrected chi connectivity index (χ1v) is 7.78. The molecule has 1 aromatic carbocycles. The van der Waals surface area contributed by atoms with Gasteiger partial charge in [-0.05, 0) is 37.6 Å². The van der Waals surface area contributed by atoms with Crippen LogP contribution in [0, 0.1) is 13.8 Å². The molecule has 1 atom stereocenters. The number of rotatable bonds is 4. The molecule has 0 bridgehead atoms. The lowest BCUT2D eigenvalue weighted by Gasteiger charge is -2.11. The molecule has 0 aliphatic heterocycles. The minimum Gasteiger partial charge on any atom is -0.378 e. The van der Waals surface area contributed by atoms with Crippen molar-refractivity contribution in [3.05, 3.63) is 49.4 Å². The summed E-state index contributed by atoms with van der Waals surface area (Å²) in [5.74, 6) is -0.515. The van der Waals surface area contributed by atoms with Gasteiger partial charge in [-0.15, -0.1) is 11.3 Å². The van der Waals surface area contributed by atoms with Gasteiger partial charge in [0, 0.05) is 14.9 Å². The Hall–Kier alpha value is -1.14. The molecule has 4 nitrogen and oxygen atoms in total. The quantitative estimate of drug-likeness (QED) is 0.893. The summed E-state index contributed by atoms with van der Waals surface area (Å²) < 4.78 is 0. The van der Waals surface area contributed by atoms with Crippen LogP contribution >= 0.6 is 34.5 Å². The van der Waals surface area contributed by atoms with Crippen LogP contribution in [0.4, 0.5) is 0 Å². The molecule has 0 radical (unpaired) electrons. The molecule has 0 saturated carbocycles. The fourth-order valence-corrected chi connectivity index (χ4v) is 3.18. The molecule has 1 amide bonds. The second-order valence-electron chi connectivity index (χ2n) is 4.57. The highest BCUT2D eigenvalue weighted by molar-refractivity contribution is 7.11. The van der Waals surface area contributed by atoms with Crippen LogP contribution in [0.1, 0.15) is 27.2 Å². The molecule has 0 spiro atoms. The van der Waals surface area contributed by atoms with Gasteiger partial charge in [0.1, 0.15) is 5.01 Å². The molecule has 2 N–H and O–H groups in total. The topological polar surface area (TPSA) is 62.2 Å². The second-order valence-corrected chi connectivity index (χ2v) is 6.73. The van der Waals surface area contributed by atoms with Gasteiger partial charge in [0.05, 0.1) is 12.2 Å². The largest absolute Gasteiger partial charge is 0.378 e. The highest BCUT2D eigenvalue weighted by atomic mass is 35.5. The predicted octanol–water partition coefficient (Wildman–Crippen LogP) is 3.42. The molecule has 21 heavy (non-hydrogen) atoms. The Morgan fingerprint density at radius 3 is 2.48 bits per heavy atom. The summed E-state index contributed by atoms with van der Waals surface area (Å²) >= 11 is 13.2. The molecule has 0 fully saturated rings. The van der Waals surface area contributed by atoms with Crippen molar-refractivity contribution in [2.45, 2.75) is 26.5 Å². The summed E-state index contributed by atoms with van der Waals surface area (Å²) in [6, 6.07) is 4.56. The van der Waals surface area contributed by atoms with Gasteiger partial charge >= 0.3 is 0 Å². The van der Waals surface area contributed by atoms with Gasteiger partial charge in [0.2, 0.25) is 0 Å². The predicted molar refractivity (Wildman–Crippen MR) is 84.9 cm³/mol. The van der Waals surface area contributed by atoms with Crippen molar-refractivity contribution in [1.29, 1.82) is 0 Å². The lowest BCUT2D eigenvalue weighted by molar-refractivity contribution is -0.129. The number of carbonyl (C=O) groups excluding carboxylic acids is 1. The molecule has 1 aromatic heterocycles. The van der Waals surface area contributed by atoms with E-state index in [1.807, 2.05) is 13.8 Å². The number of benzene rings is 1. The summed E-state index contributed by atoms with van der Waals surface area (Å²) in [6.45, 7) is 4.17. The molecule has 2 aromatic rings. The number of amides is 1. The number of aryl methyl sites for hydroxylation is 2. The van der Waals surface area contributed by atoms with E-state index in [9.17, 15) is 9.90 Å². The van der Waals surface area contributed by atoms with Gasteiger partial charge < -0.3 is 10.4 Å². The SMILES string of the molecule is Cc1nc(CNC(=O)C(O)c2cc(Cl)cc(Cl)c2)sc1C. The molecular weight excluding hydrogens is 331 g/mol. The van der Waals surface area contributed by atoms with Crippen LogP contribution in [0.5, 0.6) is 0 Å². The van der Waals surface area contributed by atoms with E-state index < -0.39 is 12.0 Å². The van der Waals surface area contributed by atoms with Crippen LogP contribution in [0.15, 0.2) is 18.2 Å². The maximum Gasteiger partial charge on any atom is 0.253 e. The molecule has 2 rings (SSSR count). The summed E-state index contributed by atoms with van der Waals surface area (Å²) in [7, 11) is 0. The van der Waals surface area contributed by atoms with Crippen LogP contribution < -0.4 is 5.32 Å². The molecule has 1 heterocycles. The number of halogens is 2. The number of thiazole rings is 1. The first kappa shape index (κ1) is 16.2. The number of hydrogen-bond donors (Lipinski definition) is 2. The Kier molecular flexibility index (Phi) is 5.22. The Bertz CT molecular complexity index is 633. The number of carbonyl (C=O) groups is 1. The second kappa shape index (κ2) is 6.75. The van der Waals surface area contributed by atoms with E-state index in [-0.39, 0.29) is 6.54 Å². The van der Waals surface area contributed by atoms with Gasteiger partial charge in [-0.2, -0.15) is 0 Å². The molecular formula is C14H14Cl2N2O2S. The summed E-state index contributed by atoms with van der Waals surface area (Å²) in [4.78, 5) is 17.4. The number of aliphatic hydroxyl groups is 1. The average Bonchev–Trinajstić information content (AvgIpc) is 2.73. The van der Waals surface area contributed by atoms with Crippen LogP contribution in [-0.4, -0.2) is 16.0 Å². The smallest absolute Gasteiger partial charge is 0.253 e. The molecule has 7 heteroatoms. The Morgan fingerprint density at radius 2 is 1.95 bits per heavy atom.